The van der Waals surface area contributed by atoms with Crippen molar-refractivity contribution in [1.29, 1.82) is 0 Å². The van der Waals surface area contributed by atoms with Crippen LogP contribution < -0.4 is 5.32 Å². The van der Waals surface area contributed by atoms with Gasteiger partial charge in [-0.25, -0.2) is 0 Å². The first-order chi connectivity index (χ1) is 8.91. The van der Waals surface area contributed by atoms with E-state index in [9.17, 15) is 0 Å². The Morgan fingerprint density at radius 1 is 0.667 bits per heavy atom. The summed E-state index contributed by atoms with van der Waals surface area (Å²) in [6.45, 7) is 6.33. The zero-order valence-electron chi connectivity index (χ0n) is 11.2. The zero-order valence-corrected chi connectivity index (χ0v) is 12.3. The van der Waals surface area contributed by atoms with Crippen LogP contribution in [0.5, 0.6) is 0 Å². The lowest BCUT2D eigenvalue weighted by molar-refractivity contribution is -0.00366. The highest BCUT2D eigenvalue weighted by molar-refractivity contribution is 7.09. The van der Waals surface area contributed by atoms with Gasteiger partial charge in [0.25, 0.3) is 0 Å². The summed E-state index contributed by atoms with van der Waals surface area (Å²) in [5.74, 6) is 0. The molecule has 6 nitrogen and oxygen atoms in total. The number of nitrogens with one attached hydrogen (secondary N) is 1. The lowest BCUT2D eigenvalue weighted by Crippen LogP contribution is -2.17. The fourth-order valence-corrected chi connectivity index (χ4v) is 1.14. The van der Waals surface area contributed by atoms with E-state index in [0.717, 1.165) is 6.54 Å². The van der Waals surface area contributed by atoms with Crippen molar-refractivity contribution in [3.8, 4) is 0 Å². The topological polar surface area (TPSA) is 58.2 Å². The Morgan fingerprint density at radius 2 is 1.06 bits per heavy atom. The minimum Gasteiger partial charge on any atom is -0.378 e. The van der Waals surface area contributed by atoms with Crippen molar-refractivity contribution in [3.63, 3.8) is 0 Å². The fraction of sp³-hybridized carbons (Fsp3) is 1.00. The Labute approximate surface area is 112 Å². The molecule has 0 saturated carbocycles. The van der Waals surface area contributed by atoms with Gasteiger partial charge >= 0.3 is 0 Å². The van der Waals surface area contributed by atoms with Crippen LogP contribution in [-0.4, -0.2) is 73.1 Å². The quantitative estimate of drug-likeness (QED) is 0.339. The molecule has 0 aliphatic carbocycles. The SMILES string of the molecule is CNCCOCCOCCOCCOCCOP. The number of hydrogen-bond donors (Lipinski definition) is 1. The van der Waals surface area contributed by atoms with E-state index in [4.69, 9.17) is 23.5 Å². The third kappa shape index (κ3) is 16.2. The number of rotatable bonds is 15. The van der Waals surface area contributed by atoms with E-state index in [-0.39, 0.29) is 0 Å². The summed E-state index contributed by atoms with van der Waals surface area (Å²) in [6.07, 6.45) is 0. The molecule has 0 radical (unpaired) electrons. The van der Waals surface area contributed by atoms with Crippen molar-refractivity contribution in [2.75, 3.05) is 73.1 Å². The molecule has 0 saturated heterocycles. The first kappa shape index (κ1) is 18.2. The second-order valence-corrected chi connectivity index (χ2v) is 3.76. The lowest BCUT2D eigenvalue weighted by Gasteiger charge is -2.07. The normalized spacial score (nSPS) is 11.0. The molecule has 0 aliphatic rings. The molecule has 0 rings (SSSR count). The van der Waals surface area contributed by atoms with Gasteiger partial charge in [0.05, 0.1) is 59.5 Å². The van der Waals surface area contributed by atoms with Crippen LogP contribution in [0.2, 0.25) is 0 Å². The van der Waals surface area contributed by atoms with Gasteiger partial charge in [0.2, 0.25) is 0 Å². The molecule has 0 aromatic heterocycles. The van der Waals surface area contributed by atoms with Gasteiger partial charge in [0, 0.05) is 16.0 Å². The van der Waals surface area contributed by atoms with Crippen molar-refractivity contribution in [1.82, 2.24) is 5.32 Å². The molecule has 0 spiro atoms. The van der Waals surface area contributed by atoms with Crippen LogP contribution in [0, 0.1) is 0 Å². The molecule has 0 aromatic rings. The average Bonchev–Trinajstić information content (AvgIpc) is 2.39. The summed E-state index contributed by atoms with van der Waals surface area (Å²) < 4.78 is 25.9. The highest BCUT2D eigenvalue weighted by atomic mass is 31.0. The number of likely N-dealkylation sites (N-methyl/N-ethyl adjacent to an activating group) is 1. The predicted molar refractivity (Wildman–Crippen MR) is 72.9 cm³/mol. The van der Waals surface area contributed by atoms with Crippen LogP contribution in [0.25, 0.3) is 0 Å². The van der Waals surface area contributed by atoms with E-state index in [1.807, 2.05) is 7.05 Å². The third-order valence-electron chi connectivity index (χ3n) is 1.96. The van der Waals surface area contributed by atoms with Crippen molar-refractivity contribution < 1.29 is 23.5 Å². The molecule has 1 unspecified atom stereocenters. The van der Waals surface area contributed by atoms with Crippen LogP contribution in [0.3, 0.4) is 0 Å². The monoisotopic (exact) mass is 283 g/mol. The standard InChI is InChI=1S/C11H26NO5P/c1-12-2-3-13-4-5-14-6-7-15-8-9-16-10-11-17-18/h12H,2-11,18H2,1H3. The Bertz CT molecular complexity index is 137. The summed E-state index contributed by atoms with van der Waals surface area (Å²) in [5, 5.41) is 3.00. The van der Waals surface area contributed by atoms with E-state index < -0.39 is 0 Å². The minimum absolute atomic E-state index is 0.582. The van der Waals surface area contributed by atoms with Gasteiger partial charge < -0.3 is 28.8 Å². The summed E-state index contributed by atoms with van der Waals surface area (Å²) in [6, 6.07) is 0. The van der Waals surface area contributed by atoms with E-state index >= 15 is 0 Å². The summed E-state index contributed by atoms with van der Waals surface area (Å²) in [5.41, 5.74) is 0. The largest absolute Gasteiger partial charge is 0.378 e. The molecule has 0 aromatic carbocycles. The smallest absolute Gasteiger partial charge is 0.0736 e. The van der Waals surface area contributed by atoms with Gasteiger partial charge in [0.15, 0.2) is 0 Å². The van der Waals surface area contributed by atoms with Gasteiger partial charge in [-0.2, -0.15) is 0 Å². The number of hydrogen-bond acceptors (Lipinski definition) is 6. The average molecular weight is 283 g/mol. The summed E-state index contributed by atoms with van der Waals surface area (Å²) >= 11 is 0. The van der Waals surface area contributed by atoms with Crippen molar-refractivity contribution in [2.45, 2.75) is 0 Å². The van der Waals surface area contributed by atoms with Crippen molar-refractivity contribution >= 4 is 9.47 Å². The second kappa shape index (κ2) is 17.2. The molecule has 0 heterocycles. The van der Waals surface area contributed by atoms with E-state index in [2.05, 4.69) is 14.8 Å². The predicted octanol–water partition coefficient (Wildman–Crippen LogP) is 0.0789. The molecule has 1 atom stereocenters. The van der Waals surface area contributed by atoms with Gasteiger partial charge in [-0.1, -0.05) is 0 Å². The van der Waals surface area contributed by atoms with Crippen molar-refractivity contribution in [2.24, 2.45) is 0 Å². The van der Waals surface area contributed by atoms with Gasteiger partial charge in [-0.05, 0) is 7.05 Å². The van der Waals surface area contributed by atoms with Crippen LogP contribution in [0.15, 0.2) is 0 Å². The molecule has 1 N–H and O–H groups in total. The van der Waals surface area contributed by atoms with Crippen LogP contribution in [-0.2, 0) is 23.5 Å². The molecular weight excluding hydrogens is 257 g/mol. The maximum absolute atomic E-state index is 5.32. The van der Waals surface area contributed by atoms with E-state index in [1.54, 1.807) is 0 Å². The molecular formula is C11H26NO5P. The highest BCUT2D eigenvalue weighted by Crippen LogP contribution is 1.85. The Hall–Kier alpha value is 0.190. The van der Waals surface area contributed by atoms with E-state index in [1.165, 1.54) is 0 Å². The molecule has 7 heteroatoms. The van der Waals surface area contributed by atoms with Gasteiger partial charge in [-0.15, -0.1) is 0 Å². The van der Waals surface area contributed by atoms with Crippen LogP contribution in [0.1, 0.15) is 0 Å². The lowest BCUT2D eigenvalue weighted by atomic mass is 10.6. The number of ether oxygens (including phenoxy) is 4. The molecule has 18 heavy (non-hydrogen) atoms. The Balaban J connectivity index is 2.86. The molecule has 0 fully saturated rings. The Morgan fingerprint density at radius 3 is 1.44 bits per heavy atom. The van der Waals surface area contributed by atoms with Crippen LogP contribution >= 0.6 is 9.47 Å². The van der Waals surface area contributed by atoms with Gasteiger partial charge in [0.1, 0.15) is 0 Å². The fourth-order valence-electron chi connectivity index (χ4n) is 1.04. The second-order valence-electron chi connectivity index (χ2n) is 3.42. The zero-order chi connectivity index (χ0) is 13.3. The molecule has 0 amide bonds. The van der Waals surface area contributed by atoms with Gasteiger partial charge in [-0.3, -0.25) is 0 Å². The van der Waals surface area contributed by atoms with Crippen molar-refractivity contribution in [3.05, 3.63) is 0 Å². The molecule has 110 valence electrons. The highest BCUT2D eigenvalue weighted by Gasteiger charge is 1.92. The minimum atomic E-state index is 0.582. The molecule has 0 bridgehead atoms. The maximum Gasteiger partial charge on any atom is 0.0736 e. The first-order valence-electron chi connectivity index (χ1n) is 6.19. The first-order valence-corrected chi connectivity index (χ1v) is 6.66. The Kier molecular flexibility index (Phi) is 17.4. The maximum atomic E-state index is 5.32. The molecule has 0 aliphatic heterocycles. The van der Waals surface area contributed by atoms with Crippen LogP contribution in [0.4, 0.5) is 0 Å². The third-order valence-corrected chi connectivity index (χ3v) is 2.19. The van der Waals surface area contributed by atoms with E-state index in [0.29, 0.717) is 59.5 Å². The summed E-state index contributed by atoms with van der Waals surface area (Å²) in [4.78, 5) is 0. The summed E-state index contributed by atoms with van der Waals surface area (Å²) in [7, 11) is 4.08.